The van der Waals surface area contributed by atoms with E-state index < -0.39 is 6.04 Å². The zero-order valence-corrected chi connectivity index (χ0v) is 15.1. The van der Waals surface area contributed by atoms with Gasteiger partial charge in [-0.15, -0.1) is 10.2 Å². The van der Waals surface area contributed by atoms with Crippen LogP contribution in [0.25, 0.3) is 11.4 Å². The number of carbonyl (C=O) groups is 1. The van der Waals surface area contributed by atoms with Crippen molar-refractivity contribution in [2.24, 2.45) is 0 Å². The average molecular weight is 352 g/mol. The van der Waals surface area contributed by atoms with Crippen LogP contribution >= 0.6 is 0 Å². The highest BCUT2D eigenvalue weighted by atomic mass is 16.4. The molecule has 1 N–H and O–H groups in total. The molecule has 1 amide bonds. The van der Waals surface area contributed by atoms with Gasteiger partial charge in [-0.3, -0.25) is 9.78 Å². The fourth-order valence-corrected chi connectivity index (χ4v) is 2.32. The van der Waals surface area contributed by atoms with Gasteiger partial charge in [0, 0.05) is 30.1 Å². The van der Waals surface area contributed by atoms with Crippen LogP contribution in [0.5, 0.6) is 0 Å². The minimum atomic E-state index is -0.417. The van der Waals surface area contributed by atoms with Gasteiger partial charge in [-0.25, -0.2) is 9.97 Å². The van der Waals surface area contributed by atoms with Gasteiger partial charge in [-0.05, 0) is 26.0 Å². The minimum Gasteiger partial charge on any atom is -0.423 e. The first kappa shape index (κ1) is 17.7. The molecular formula is C18H20N6O2. The molecule has 8 heteroatoms. The Bertz CT molecular complexity index is 907. The number of rotatable bonds is 5. The number of nitrogens with one attached hydrogen (secondary N) is 1. The molecule has 0 fully saturated rings. The van der Waals surface area contributed by atoms with Gasteiger partial charge < -0.3 is 9.73 Å². The molecular weight excluding hydrogens is 332 g/mol. The summed E-state index contributed by atoms with van der Waals surface area (Å²) in [6.07, 6.45) is 4.88. The van der Waals surface area contributed by atoms with Crippen LogP contribution in [0, 0.1) is 6.92 Å². The molecule has 0 saturated heterocycles. The third kappa shape index (κ3) is 3.74. The second-order valence-corrected chi connectivity index (χ2v) is 6.26. The second-order valence-electron chi connectivity index (χ2n) is 6.26. The topological polar surface area (TPSA) is 107 Å². The third-order valence-corrected chi connectivity index (χ3v) is 3.81. The van der Waals surface area contributed by atoms with Gasteiger partial charge in [0.2, 0.25) is 11.8 Å². The van der Waals surface area contributed by atoms with E-state index in [9.17, 15) is 4.79 Å². The number of amides is 1. The molecule has 8 nitrogen and oxygen atoms in total. The number of nitrogens with zero attached hydrogens (tertiary/aromatic N) is 5. The molecule has 3 rings (SSSR count). The van der Waals surface area contributed by atoms with Crippen LogP contribution in [0.3, 0.4) is 0 Å². The van der Waals surface area contributed by atoms with Crippen LogP contribution in [-0.2, 0) is 0 Å². The minimum absolute atomic E-state index is 0.134. The van der Waals surface area contributed by atoms with Crippen molar-refractivity contribution in [1.82, 2.24) is 30.5 Å². The SMILES string of the molecule is Cc1nc(-c2cccnc2)ncc1C(=O)N[C@H](C)c1nnc(C(C)C)o1. The van der Waals surface area contributed by atoms with E-state index >= 15 is 0 Å². The van der Waals surface area contributed by atoms with Crippen molar-refractivity contribution in [3.63, 3.8) is 0 Å². The van der Waals surface area contributed by atoms with Crippen LogP contribution < -0.4 is 5.32 Å². The Kier molecular flexibility index (Phi) is 5.01. The molecule has 3 aromatic heterocycles. The Balaban J connectivity index is 1.75. The van der Waals surface area contributed by atoms with E-state index in [1.807, 2.05) is 26.0 Å². The van der Waals surface area contributed by atoms with E-state index in [1.54, 1.807) is 26.2 Å². The molecule has 134 valence electrons. The first-order chi connectivity index (χ1) is 12.5. The summed E-state index contributed by atoms with van der Waals surface area (Å²) in [7, 11) is 0. The quantitative estimate of drug-likeness (QED) is 0.752. The molecule has 26 heavy (non-hydrogen) atoms. The molecule has 0 aliphatic carbocycles. The summed E-state index contributed by atoms with van der Waals surface area (Å²) < 4.78 is 5.58. The lowest BCUT2D eigenvalue weighted by Gasteiger charge is -2.11. The van der Waals surface area contributed by atoms with Crippen LogP contribution in [-0.4, -0.2) is 31.1 Å². The summed E-state index contributed by atoms with van der Waals surface area (Å²) in [6.45, 7) is 7.48. The summed E-state index contributed by atoms with van der Waals surface area (Å²) in [5, 5.41) is 10.8. The normalized spacial score (nSPS) is 12.2. The molecule has 1 atom stereocenters. The van der Waals surface area contributed by atoms with E-state index in [-0.39, 0.29) is 11.8 Å². The Morgan fingerprint density at radius 2 is 1.92 bits per heavy atom. The Morgan fingerprint density at radius 1 is 1.15 bits per heavy atom. The molecule has 0 unspecified atom stereocenters. The summed E-state index contributed by atoms with van der Waals surface area (Å²) >= 11 is 0. The summed E-state index contributed by atoms with van der Waals surface area (Å²) in [4.78, 5) is 25.3. The zero-order chi connectivity index (χ0) is 18.7. The van der Waals surface area contributed by atoms with Crippen molar-refractivity contribution >= 4 is 5.91 Å². The van der Waals surface area contributed by atoms with E-state index in [4.69, 9.17) is 4.42 Å². The summed E-state index contributed by atoms with van der Waals surface area (Å²) in [6, 6.07) is 3.26. The van der Waals surface area contributed by atoms with Gasteiger partial charge >= 0.3 is 0 Å². The summed E-state index contributed by atoms with van der Waals surface area (Å²) in [5.74, 6) is 1.28. The maximum absolute atomic E-state index is 12.5. The van der Waals surface area contributed by atoms with Gasteiger partial charge in [-0.1, -0.05) is 13.8 Å². The first-order valence-corrected chi connectivity index (χ1v) is 8.34. The second kappa shape index (κ2) is 7.38. The van der Waals surface area contributed by atoms with Crippen molar-refractivity contribution < 1.29 is 9.21 Å². The van der Waals surface area contributed by atoms with Crippen LogP contribution in [0.15, 0.2) is 35.1 Å². The standard InChI is InChI=1S/C18H20N6O2/c1-10(2)17-23-24-18(26-17)12(4)22-16(25)14-9-20-15(21-11(14)3)13-6-5-7-19-8-13/h5-10,12H,1-4H3,(H,22,25)/t12-/m1/s1. The molecule has 0 bridgehead atoms. The van der Waals surface area contributed by atoms with Crippen LogP contribution in [0.4, 0.5) is 0 Å². The van der Waals surface area contributed by atoms with Gasteiger partial charge in [0.25, 0.3) is 5.91 Å². The van der Waals surface area contributed by atoms with E-state index in [0.29, 0.717) is 28.9 Å². The smallest absolute Gasteiger partial charge is 0.255 e. The Labute approximate surface area is 151 Å². The number of pyridine rings is 1. The van der Waals surface area contributed by atoms with E-state index in [0.717, 1.165) is 5.56 Å². The van der Waals surface area contributed by atoms with Crippen LogP contribution in [0.2, 0.25) is 0 Å². The molecule has 0 aliphatic heterocycles. The number of aromatic nitrogens is 5. The lowest BCUT2D eigenvalue weighted by molar-refractivity contribution is 0.0932. The van der Waals surface area contributed by atoms with Crippen molar-refractivity contribution in [2.45, 2.75) is 39.7 Å². The largest absolute Gasteiger partial charge is 0.423 e. The zero-order valence-electron chi connectivity index (χ0n) is 15.1. The van der Waals surface area contributed by atoms with E-state index in [1.165, 1.54) is 6.20 Å². The maximum Gasteiger partial charge on any atom is 0.255 e. The highest BCUT2D eigenvalue weighted by Gasteiger charge is 2.20. The molecule has 0 aliphatic rings. The number of hydrogen-bond donors (Lipinski definition) is 1. The molecule has 0 saturated carbocycles. The predicted molar refractivity (Wildman–Crippen MR) is 94.3 cm³/mol. The number of carbonyl (C=O) groups excluding carboxylic acids is 1. The fraction of sp³-hybridized carbons (Fsp3) is 0.333. The first-order valence-electron chi connectivity index (χ1n) is 8.34. The fourth-order valence-electron chi connectivity index (χ4n) is 2.32. The van der Waals surface area contributed by atoms with Crippen LogP contribution in [0.1, 0.15) is 60.6 Å². The highest BCUT2D eigenvalue weighted by Crippen LogP contribution is 2.18. The molecule has 0 aromatic carbocycles. The lowest BCUT2D eigenvalue weighted by atomic mass is 10.2. The molecule has 3 heterocycles. The monoisotopic (exact) mass is 352 g/mol. The predicted octanol–water partition coefficient (Wildman–Crippen LogP) is 2.84. The number of hydrogen-bond acceptors (Lipinski definition) is 7. The van der Waals surface area contributed by atoms with Crippen molar-refractivity contribution in [1.29, 1.82) is 0 Å². The number of aryl methyl sites for hydroxylation is 1. The molecule has 3 aromatic rings. The Morgan fingerprint density at radius 3 is 2.54 bits per heavy atom. The van der Waals surface area contributed by atoms with Crippen molar-refractivity contribution in [3.05, 3.63) is 53.8 Å². The maximum atomic E-state index is 12.5. The van der Waals surface area contributed by atoms with Crippen molar-refractivity contribution in [2.75, 3.05) is 0 Å². The molecule has 0 radical (unpaired) electrons. The van der Waals surface area contributed by atoms with Gasteiger partial charge in [-0.2, -0.15) is 0 Å². The third-order valence-electron chi connectivity index (χ3n) is 3.81. The average Bonchev–Trinajstić information content (AvgIpc) is 3.13. The Hall–Kier alpha value is -3.16. The van der Waals surface area contributed by atoms with Gasteiger partial charge in [0.1, 0.15) is 6.04 Å². The van der Waals surface area contributed by atoms with Gasteiger partial charge in [0.05, 0.1) is 11.3 Å². The summed E-state index contributed by atoms with van der Waals surface area (Å²) in [5.41, 5.74) is 1.77. The van der Waals surface area contributed by atoms with E-state index in [2.05, 4.69) is 30.5 Å². The highest BCUT2D eigenvalue weighted by molar-refractivity contribution is 5.95. The lowest BCUT2D eigenvalue weighted by Crippen LogP contribution is -2.28. The van der Waals surface area contributed by atoms with Crippen molar-refractivity contribution in [3.8, 4) is 11.4 Å². The van der Waals surface area contributed by atoms with Gasteiger partial charge in [0.15, 0.2) is 5.82 Å². The molecule has 0 spiro atoms.